The Bertz CT molecular complexity index is 774. The van der Waals surface area contributed by atoms with Gasteiger partial charge in [0.1, 0.15) is 5.82 Å². The number of imidazole rings is 1. The van der Waals surface area contributed by atoms with Gasteiger partial charge in [0.25, 0.3) is 0 Å². The molecule has 0 amide bonds. The summed E-state index contributed by atoms with van der Waals surface area (Å²) in [5.74, 6) is 1.09. The van der Waals surface area contributed by atoms with Crippen molar-refractivity contribution >= 4 is 0 Å². The van der Waals surface area contributed by atoms with Gasteiger partial charge in [0.15, 0.2) is 0 Å². The van der Waals surface area contributed by atoms with Crippen molar-refractivity contribution in [3.8, 4) is 11.3 Å². The largest absolute Gasteiger partial charge is 0.345 e. The number of aromatic amines is 2. The first kappa shape index (κ1) is 14.2. The molecule has 2 N–H and O–H groups in total. The first-order valence-corrected chi connectivity index (χ1v) is 8.14. The van der Waals surface area contributed by atoms with Gasteiger partial charge in [0, 0.05) is 24.0 Å². The molecule has 0 saturated carbocycles. The summed E-state index contributed by atoms with van der Waals surface area (Å²) in [5.41, 5.74) is 4.67. The third-order valence-corrected chi connectivity index (χ3v) is 4.56. The van der Waals surface area contributed by atoms with Crippen LogP contribution in [0.4, 0.5) is 0 Å². The molecule has 0 radical (unpaired) electrons. The zero-order chi connectivity index (χ0) is 15.6. The van der Waals surface area contributed by atoms with Crippen molar-refractivity contribution in [3.05, 3.63) is 59.8 Å². The summed E-state index contributed by atoms with van der Waals surface area (Å²) in [6.07, 6.45) is 6.23. The van der Waals surface area contributed by atoms with Gasteiger partial charge in [-0.3, -0.25) is 10.00 Å². The number of rotatable bonds is 4. The zero-order valence-electron chi connectivity index (χ0n) is 13.3. The Kier molecular flexibility index (Phi) is 3.71. The van der Waals surface area contributed by atoms with Crippen LogP contribution in [0, 0.1) is 6.92 Å². The predicted octanol–water partition coefficient (Wildman–Crippen LogP) is 3.45. The minimum absolute atomic E-state index is 0.377. The maximum Gasteiger partial charge on any atom is 0.123 e. The lowest BCUT2D eigenvalue weighted by molar-refractivity contribution is 0.241. The maximum absolute atomic E-state index is 4.54. The van der Waals surface area contributed by atoms with Gasteiger partial charge in [0.2, 0.25) is 0 Å². The van der Waals surface area contributed by atoms with Gasteiger partial charge in [0.05, 0.1) is 17.9 Å². The van der Waals surface area contributed by atoms with Crippen molar-refractivity contribution in [2.75, 3.05) is 6.54 Å². The van der Waals surface area contributed by atoms with E-state index in [1.54, 1.807) is 0 Å². The Balaban J connectivity index is 1.58. The number of nitrogens with zero attached hydrogens (tertiary/aromatic N) is 3. The second-order valence-corrected chi connectivity index (χ2v) is 6.22. The molecule has 3 heterocycles. The molecule has 1 aliphatic rings. The average Bonchev–Trinajstić information content (AvgIpc) is 3.29. The Morgan fingerprint density at radius 1 is 1.22 bits per heavy atom. The van der Waals surface area contributed by atoms with Gasteiger partial charge >= 0.3 is 0 Å². The van der Waals surface area contributed by atoms with Crippen LogP contribution in [0.25, 0.3) is 11.3 Å². The molecule has 1 aliphatic heterocycles. The van der Waals surface area contributed by atoms with E-state index >= 15 is 0 Å². The standard InChI is InChI=1S/C18H21N5/c1-13-10-19-18(21-13)16-8-5-9-23(16)12-15-11-20-22-17(15)14-6-3-2-4-7-14/h2-4,6-7,10-11,16H,5,8-9,12H2,1H3,(H,19,21)(H,20,22). The van der Waals surface area contributed by atoms with Gasteiger partial charge in [-0.1, -0.05) is 30.3 Å². The second-order valence-electron chi connectivity index (χ2n) is 6.22. The summed E-state index contributed by atoms with van der Waals surface area (Å²) in [6.45, 7) is 4.05. The summed E-state index contributed by atoms with van der Waals surface area (Å²) >= 11 is 0. The highest BCUT2D eigenvalue weighted by Crippen LogP contribution is 2.33. The van der Waals surface area contributed by atoms with E-state index in [4.69, 9.17) is 0 Å². The van der Waals surface area contributed by atoms with Crippen molar-refractivity contribution in [3.63, 3.8) is 0 Å². The lowest BCUT2D eigenvalue weighted by atomic mass is 10.1. The molecule has 4 rings (SSSR count). The number of nitrogens with one attached hydrogen (secondary N) is 2. The highest BCUT2D eigenvalue weighted by Gasteiger charge is 2.28. The fourth-order valence-electron chi connectivity index (χ4n) is 3.43. The third-order valence-electron chi connectivity index (χ3n) is 4.56. The van der Waals surface area contributed by atoms with Crippen molar-refractivity contribution in [2.45, 2.75) is 32.4 Å². The number of H-pyrrole nitrogens is 2. The van der Waals surface area contributed by atoms with E-state index in [0.717, 1.165) is 36.7 Å². The summed E-state index contributed by atoms with van der Waals surface area (Å²) in [4.78, 5) is 10.4. The van der Waals surface area contributed by atoms with Crippen LogP contribution in [0.2, 0.25) is 0 Å². The molecule has 0 spiro atoms. The molecule has 118 valence electrons. The minimum Gasteiger partial charge on any atom is -0.345 e. The summed E-state index contributed by atoms with van der Waals surface area (Å²) in [5, 5.41) is 7.42. The number of aryl methyl sites for hydroxylation is 1. The SMILES string of the molecule is Cc1cnc(C2CCCN2Cc2cn[nH]c2-c2ccccc2)[nH]1. The number of hydrogen-bond acceptors (Lipinski definition) is 3. The minimum atomic E-state index is 0.377. The zero-order valence-corrected chi connectivity index (χ0v) is 13.3. The number of benzene rings is 1. The Hall–Kier alpha value is -2.40. The van der Waals surface area contributed by atoms with E-state index in [0.29, 0.717) is 6.04 Å². The topological polar surface area (TPSA) is 60.6 Å². The number of aromatic nitrogens is 4. The molecular weight excluding hydrogens is 286 g/mol. The lowest BCUT2D eigenvalue weighted by Gasteiger charge is -2.22. The van der Waals surface area contributed by atoms with Crippen LogP contribution in [0.15, 0.2) is 42.7 Å². The van der Waals surface area contributed by atoms with Crippen molar-refractivity contribution in [1.29, 1.82) is 0 Å². The van der Waals surface area contributed by atoms with Crippen LogP contribution < -0.4 is 0 Å². The van der Waals surface area contributed by atoms with E-state index in [1.807, 2.05) is 18.5 Å². The first-order valence-electron chi connectivity index (χ1n) is 8.14. The number of hydrogen-bond donors (Lipinski definition) is 2. The molecular formula is C18H21N5. The highest BCUT2D eigenvalue weighted by molar-refractivity contribution is 5.62. The van der Waals surface area contributed by atoms with Crippen LogP contribution in [-0.2, 0) is 6.54 Å². The molecule has 0 aliphatic carbocycles. The number of likely N-dealkylation sites (tertiary alicyclic amines) is 1. The van der Waals surface area contributed by atoms with Gasteiger partial charge < -0.3 is 4.98 Å². The van der Waals surface area contributed by atoms with Crippen LogP contribution >= 0.6 is 0 Å². The molecule has 1 saturated heterocycles. The monoisotopic (exact) mass is 307 g/mol. The molecule has 2 aromatic heterocycles. The van der Waals surface area contributed by atoms with Gasteiger partial charge in [-0.2, -0.15) is 5.10 Å². The predicted molar refractivity (Wildman–Crippen MR) is 89.7 cm³/mol. The highest BCUT2D eigenvalue weighted by atomic mass is 15.2. The molecule has 0 bridgehead atoms. The fourth-order valence-corrected chi connectivity index (χ4v) is 3.43. The maximum atomic E-state index is 4.54. The molecule has 1 unspecified atom stereocenters. The normalized spacial score (nSPS) is 18.6. The fraction of sp³-hybridized carbons (Fsp3) is 0.333. The molecule has 1 aromatic carbocycles. The Labute approximate surface area is 135 Å². The smallest absolute Gasteiger partial charge is 0.123 e. The Morgan fingerprint density at radius 2 is 2.09 bits per heavy atom. The van der Waals surface area contributed by atoms with E-state index in [-0.39, 0.29) is 0 Å². The summed E-state index contributed by atoms with van der Waals surface area (Å²) in [7, 11) is 0. The summed E-state index contributed by atoms with van der Waals surface area (Å²) < 4.78 is 0. The Morgan fingerprint density at radius 3 is 2.87 bits per heavy atom. The van der Waals surface area contributed by atoms with Crippen molar-refractivity contribution in [2.24, 2.45) is 0 Å². The molecule has 3 aromatic rings. The molecule has 1 atom stereocenters. The van der Waals surface area contributed by atoms with Crippen LogP contribution in [-0.4, -0.2) is 31.6 Å². The summed E-state index contributed by atoms with van der Waals surface area (Å²) in [6, 6.07) is 10.8. The first-order chi connectivity index (χ1) is 11.3. The molecule has 23 heavy (non-hydrogen) atoms. The van der Waals surface area contributed by atoms with Gasteiger partial charge in [-0.25, -0.2) is 4.98 Å². The van der Waals surface area contributed by atoms with Crippen molar-refractivity contribution < 1.29 is 0 Å². The molecule has 5 nitrogen and oxygen atoms in total. The molecule has 1 fully saturated rings. The average molecular weight is 307 g/mol. The quantitative estimate of drug-likeness (QED) is 0.776. The van der Waals surface area contributed by atoms with Crippen molar-refractivity contribution in [1.82, 2.24) is 25.1 Å². The van der Waals surface area contributed by atoms with Gasteiger partial charge in [-0.05, 0) is 31.9 Å². The molecule has 5 heteroatoms. The second kappa shape index (κ2) is 6.01. The van der Waals surface area contributed by atoms with E-state index in [1.165, 1.54) is 17.5 Å². The lowest BCUT2D eigenvalue weighted by Crippen LogP contribution is -2.23. The van der Waals surface area contributed by atoms with E-state index in [2.05, 4.69) is 56.3 Å². The van der Waals surface area contributed by atoms with E-state index in [9.17, 15) is 0 Å². The van der Waals surface area contributed by atoms with Crippen LogP contribution in [0.5, 0.6) is 0 Å². The van der Waals surface area contributed by atoms with Gasteiger partial charge in [-0.15, -0.1) is 0 Å². The van der Waals surface area contributed by atoms with Crippen LogP contribution in [0.1, 0.15) is 36.0 Å². The van der Waals surface area contributed by atoms with Crippen LogP contribution in [0.3, 0.4) is 0 Å². The third kappa shape index (κ3) is 2.80. The van der Waals surface area contributed by atoms with E-state index < -0.39 is 0 Å².